The molecule has 0 saturated carbocycles. The number of amides is 3. The molecule has 0 saturated heterocycles. The Morgan fingerprint density at radius 3 is 2.00 bits per heavy atom. The number of aliphatic hydroxyl groups excluding tert-OH is 1. The van der Waals surface area contributed by atoms with Gasteiger partial charge in [0.25, 0.3) is 0 Å². The monoisotopic (exact) mass is 460 g/mol. The van der Waals surface area contributed by atoms with Crippen molar-refractivity contribution < 1.29 is 29.4 Å². The van der Waals surface area contributed by atoms with E-state index in [1.54, 1.807) is 0 Å². The van der Waals surface area contributed by atoms with E-state index in [0.29, 0.717) is 25.8 Å². The summed E-state index contributed by atoms with van der Waals surface area (Å²) in [6.45, 7) is 1.46. The average molecular weight is 461 g/mol. The van der Waals surface area contributed by atoms with Crippen molar-refractivity contribution in [2.24, 2.45) is 27.9 Å². The lowest BCUT2D eigenvalue weighted by Crippen LogP contribution is -2.58. The molecule has 0 bridgehead atoms. The van der Waals surface area contributed by atoms with Crippen LogP contribution < -0.4 is 38.9 Å². The van der Waals surface area contributed by atoms with E-state index in [4.69, 9.17) is 22.9 Å². The molecular formula is C18H36N8O6. The summed E-state index contributed by atoms with van der Waals surface area (Å²) in [5, 5.41) is 26.4. The molecule has 0 aliphatic heterocycles. The fourth-order valence-electron chi connectivity index (χ4n) is 2.69. The standard InChI is InChI=1S/C18H36N8O6/c1-10(27)14(26-13(28)9-20)16(30)24-11(5-2-3-7-19)15(29)25-12(17(31)32)6-4-8-23-18(21)22/h10-12,14,27H,2-9,19-20H2,1H3,(H,24,30)(H,25,29)(H,26,28)(H,31,32)(H4,21,22,23). The molecule has 0 radical (unpaired) electrons. The van der Waals surface area contributed by atoms with Crippen molar-refractivity contribution in [2.45, 2.75) is 63.3 Å². The number of rotatable bonds is 16. The second kappa shape index (κ2) is 15.8. The number of aliphatic hydroxyl groups is 1. The summed E-state index contributed by atoms with van der Waals surface area (Å²) in [5.74, 6) is -3.58. The maximum Gasteiger partial charge on any atom is 0.326 e. The van der Waals surface area contributed by atoms with E-state index in [9.17, 15) is 29.4 Å². The molecule has 0 spiro atoms. The highest BCUT2D eigenvalue weighted by atomic mass is 16.4. The Hall–Kier alpha value is -2.97. The fourth-order valence-corrected chi connectivity index (χ4v) is 2.69. The Morgan fingerprint density at radius 2 is 1.50 bits per heavy atom. The molecule has 0 heterocycles. The van der Waals surface area contributed by atoms with E-state index < -0.39 is 54.5 Å². The van der Waals surface area contributed by atoms with Crippen molar-refractivity contribution >= 4 is 29.7 Å². The minimum Gasteiger partial charge on any atom is -0.480 e. The number of nitrogens with one attached hydrogen (secondary N) is 3. The van der Waals surface area contributed by atoms with Crippen molar-refractivity contribution in [3.63, 3.8) is 0 Å². The summed E-state index contributed by atoms with van der Waals surface area (Å²) in [4.78, 5) is 52.2. The van der Waals surface area contributed by atoms with Gasteiger partial charge in [-0.15, -0.1) is 0 Å². The molecule has 0 aliphatic carbocycles. The molecule has 13 N–H and O–H groups in total. The molecule has 32 heavy (non-hydrogen) atoms. The molecule has 14 nitrogen and oxygen atoms in total. The van der Waals surface area contributed by atoms with Crippen molar-refractivity contribution in [1.82, 2.24) is 16.0 Å². The van der Waals surface area contributed by atoms with Gasteiger partial charge in [-0.25, -0.2) is 4.79 Å². The first-order valence-corrected chi connectivity index (χ1v) is 10.3. The predicted molar refractivity (Wildman–Crippen MR) is 117 cm³/mol. The van der Waals surface area contributed by atoms with Crippen LogP contribution in [0.15, 0.2) is 4.99 Å². The minimum atomic E-state index is -1.34. The number of aliphatic carboxylic acids is 1. The number of unbranched alkanes of at least 4 members (excludes halogenated alkanes) is 1. The number of carbonyl (C=O) groups is 4. The molecule has 4 atom stereocenters. The Kier molecular flexibility index (Phi) is 14.3. The zero-order chi connectivity index (χ0) is 24.7. The number of hydrogen-bond acceptors (Lipinski definition) is 8. The molecule has 0 aromatic rings. The van der Waals surface area contributed by atoms with Gasteiger partial charge in [0.2, 0.25) is 17.7 Å². The molecule has 0 aromatic heterocycles. The highest BCUT2D eigenvalue weighted by Crippen LogP contribution is 2.06. The van der Waals surface area contributed by atoms with Gasteiger partial charge < -0.3 is 49.1 Å². The third-order valence-electron chi connectivity index (χ3n) is 4.41. The van der Waals surface area contributed by atoms with Crippen LogP contribution in [-0.2, 0) is 19.2 Å². The van der Waals surface area contributed by atoms with E-state index in [2.05, 4.69) is 20.9 Å². The molecule has 14 heteroatoms. The second-order valence-electron chi connectivity index (χ2n) is 7.18. The zero-order valence-electron chi connectivity index (χ0n) is 18.3. The van der Waals surface area contributed by atoms with Crippen LogP contribution in [-0.4, -0.2) is 83.7 Å². The quantitative estimate of drug-likeness (QED) is 0.0612. The Balaban J connectivity index is 5.27. The van der Waals surface area contributed by atoms with Gasteiger partial charge in [0.15, 0.2) is 5.96 Å². The van der Waals surface area contributed by atoms with Crippen LogP contribution in [0.2, 0.25) is 0 Å². The number of nitrogens with two attached hydrogens (primary N) is 4. The lowest BCUT2D eigenvalue weighted by Gasteiger charge is -2.25. The number of guanidine groups is 1. The topological polar surface area (TPSA) is 261 Å². The Labute approximate surface area is 186 Å². The number of hydrogen-bond donors (Lipinski definition) is 9. The van der Waals surface area contributed by atoms with Crippen molar-refractivity contribution in [2.75, 3.05) is 19.6 Å². The van der Waals surface area contributed by atoms with Crippen LogP contribution in [0.25, 0.3) is 0 Å². The smallest absolute Gasteiger partial charge is 0.326 e. The van der Waals surface area contributed by atoms with Gasteiger partial charge in [-0.3, -0.25) is 19.4 Å². The van der Waals surface area contributed by atoms with Crippen LogP contribution >= 0.6 is 0 Å². The Morgan fingerprint density at radius 1 is 0.906 bits per heavy atom. The molecule has 0 fully saturated rings. The first-order valence-electron chi connectivity index (χ1n) is 10.3. The lowest BCUT2D eigenvalue weighted by molar-refractivity contribution is -0.142. The van der Waals surface area contributed by atoms with E-state index in [-0.39, 0.29) is 25.3 Å². The molecule has 0 aromatic carbocycles. The fraction of sp³-hybridized carbons (Fsp3) is 0.722. The van der Waals surface area contributed by atoms with Gasteiger partial charge in [-0.1, -0.05) is 0 Å². The van der Waals surface area contributed by atoms with Crippen molar-refractivity contribution in [3.8, 4) is 0 Å². The van der Waals surface area contributed by atoms with Crippen LogP contribution in [0.1, 0.15) is 39.0 Å². The number of carbonyl (C=O) groups excluding carboxylic acids is 3. The summed E-state index contributed by atoms with van der Waals surface area (Å²) >= 11 is 0. The second-order valence-corrected chi connectivity index (χ2v) is 7.18. The van der Waals surface area contributed by atoms with Gasteiger partial charge in [0.05, 0.1) is 12.6 Å². The van der Waals surface area contributed by atoms with E-state index in [1.165, 1.54) is 6.92 Å². The van der Waals surface area contributed by atoms with Gasteiger partial charge in [-0.2, -0.15) is 0 Å². The summed E-state index contributed by atoms with van der Waals surface area (Å²) < 4.78 is 0. The summed E-state index contributed by atoms with van der Waals surface area (Å²) in [7, 11) is 0. The van der Waals surface area contributed by atoms with Gasteiger partial charge in [0.1, 0.15) is 18.1 Å². The van der Waals surface area contributed by atoms with Crippen molar-refractivity contribution in [1.29, 1.82) is 0 Å². The third kappa shape index (κ3) is 12.0. The molecule has 0 rings (SSSR count). The first-order chi connectivity index (χ1) is 15.0. The van der Waals surface area contributed by atoms with Crippen molar-refractivity contribution in [3.05, 3.63) is 0 Å². The van der Waals surface area contributed by atoms with Gasteiger partial charge in [-0.05, 0) is 45.6 Å². The Bertz CT molecular complexity index is 653. The summed E-state index contributed by atoms with van der Waals surface area (Å²) in [6.07, 6.45) is 0.321. The molecule has 3 amide bonds. The van der Waals surface area contributed by atoms with E-state index in [1.807, 2.05) is 0 Å². The largest absolute Gasteiger partial charge is 0.480 e. The third-order valence-corrected chi connectivity index (χ3v) is 4.41. The maximum atomic E-state index is 12.7. The number of nitrogens with zero attached hydrogens (tertiary/aromatic N) is 1. The van der Waals surface area contributed by atoms with E-state index >= 15 is 0 Å². The van der Waals surface area contributed by atoms with Crippen LogP contribution in [0.3, 0.4) is 0 Å². The lowest BCUT2D eigenvalue weighted by atomic mass is 10.1. The number of carboxylic acid groups (broad SMARTS) is 1. The summed E-state index contributed by atoms with van der Waals surface area (Å²) in [5.41, 5.74) is 21.1. The highest BCUT2D eigenvalue weighted by Gasteiger charge is 2.31. The van der Waals surface area contributed by atoms with E-state index in [0.717, 1.165) is 0 Å². The normalized spacial score (nSPS) is 14.4. The molecule has 0 aliphatic rings. The predicted octanol–water partition coefficient (Wildman–Crippen LogP) is -3.95. The minimum absolute atomic E-state index is 0.0597. The summed E-state index contributed by atoms with van der Waals surface area (Å²) in [6, 6.07) is -3.68. The molecular weight excluding hydrogens is 424 g/mol. The van der Waals surface area contributed by atoms with Crippen LogP contribution in [0.5, 0.6) is 0 Å². The first kappa shape index (κ1) is 29.0. The maximum absolute atomic E-state index is 12.7. The van der Waals surface area contributed by atoms with Crippen LogP contribution in [0, 0.1) is 0 Å². The molecule has 4 unspecified atom stereocenters. The van der Waals surface area contributed by atoms with Gasteiger partial charge in [0, 0.05) is 6.54 Å². The SMILES string of the molecule is CC(O)C(NC(=O)CN)C(=O)NC(CCCCN)C(=O)NC(CCCN=C(N)N)C(=O)O. The average Bonchev–Trinajstić information content (AvgIpc) is 2.72. The highest BCUT2D eigenvalue weighted by molar-refractivity contribution is 5.93. The number of aliphatic imine (C=N–C) groups is 1. The molecule has 184 valence electrons. The van der Waals surface area contributed by atoms with Gasteiger partial charge >= 0.3 is 5.97 Å². The number of carboxylic acids is 1. The van der Waals surface area contributed by atoms with Crippen LogP contribution in [0.4, 0.5) is 0 Å². The zero-order valence-corrected chi connectivity index (χ0v) is 18.3.